The predicted octanol–water partition coefficient (Wildman–Crippen LogP) is 8.56. The maximum atomic E-state index is 14.5. The van der Waals surface area contributed by atoms with Gasteiger partial charge in [-0.1, -0.05) is 61.4 Å². The zero-order valence-corrected chi connectivity index (χ0v) is 47.6. The first-order chi connectivity index (χ1) is 38.1. The summed E-state index contributed by atoms with van der Waals surface area (Å²) in [7, 11) is -11.0. The van der Waals surface area contributed by atoms with Crippen molar-refractivity contribution in [2.45, 2.75) is 78.7 Å². The Morgan fingerprint density at radius 2 is 1.49 bits per heavy atom. The second kappa shape index (κ2) is 25.0. The number of rotatable bonds is 19. The van der Waals surface area contributed by atoms with Crippen LogP contribution >= 0.6 is 23.4 Å². The largest absolute Gasteiger partial charge is 0.501 e. The Morgan fingerprint density at radius 1 is 0.812 bits per heavy atom. The topological polar surface area (TPSA) is 198 Å². The van der Waals surface area contributed by atoms with Gasteiger partial charge in [-0.3, -0.25) is 34.6 Å². The molecule has 1 atom stereocenters. The Morgan fingerprint density at radius 3 is 2.17 bits per heavy atom. The van der Waals surface area contributed by atoms with E-state index in [1.165, 1.54) is 51.7 Å². The zero-order chi connectivity index (χ0) is 56.8. The molecule has 5 aromatic rings. The van der Waals surface area contributed by atoms with Crippen LogP contribution in [0.1, 0.15) is 67.6 Å². The molecule has 0 radical (unpaired) electrons. The highest BCUT2D eigenvalue weighted by Gasteiger charge is 2.48. The molecule has 24 heteroatoms. The molecule has 4 amide bonds. The van der Waals surface area contributed by atoms with E-state index in [0.717, 1.165) is 74.7 Å². The number of hydrogen-bond donors (Lipinski definition) is 3. The van der Waals surface area contributed by atoms with Crippen molar-refractivity contribution in [3.63, 3.8) is 0 Å². The number of thioether (sulfide) groups is 1. The summed E-state index contributed by atoms with van der Waals surface area (Å²) in [4.78, 5) is 55.5. The van der Waals surface area contributed by atoms with E-state index >= 15 is 0 Å². The van der Waals surface area contributed by atoms with Gasteiger partial charge in [0.15, 0.2) is 5.82 Å². The van der Waals surface area contributed by atoms with Crippen LogP contribution in [0.15, 0.2) is 130 Å². The van der Waals surface area contributed by atoms with Crippen molar-refractivity contribution in [1.29, 1.82) is 0 Å². The lowest BCUT2D eigenvalue weighted by Crippen LogP contribution is -2.50. The molecule has 4 aromatic carbocycles. The van der Waals surface area contributed by atoms with E-state index in [2.05, 4.69) is 66.2 Å². The van der Waals surface area contributed by atoms with E-state index in [0.29, 0.717) is 74.0 Å². The van der Waals surface area contributed by atoms with Crippen LogP contribution in [0.4, 0.5) is 35.2 Å². The van der Waals surface area contributed by atoms with E-state index in [1.54, 1.807) is 18.3 Å². The van der Waals surface area contributed by atoms with Gasteiger partial charge in [0, 0.05) is 124 Å². The van der Waals surface area contributed by atoms with Crippen LogP contribution in [0.3, 0.4) is 0 Å². The second-order valence-corrected chi connectivity index (χ2v) is 26.4. The second-order valence-electron chi connectivity index (χ2n) is 21.3. The molecule has 17 nitrogen and oxygen atoms in total. The lowest BCUT2D eigenvalue weighted by atomic mass is 9.73. The van der Waals surface area contributed by atoms with Crippen LogP contribution in [-0.4, -0.2) is 149 Å². The fourth-order valence-corrected chi connectivity index (χ4v) is 13.6. The highest BCUT2D eigenvalue weighted by Crippen LogP contribution is 2.43. The summed E-state index contributed by atoms with van der Waals surface area (Å²) < 4.78 is 99.5. The number of halogens is 4. The van der Waals surface area contributed by atoms with Crippen LogP contribution in [0.5, 0.6) is 0 Å². The van der Waals surface area contributed by atoms with E-state index in [4.69, 9.17) is 11.6 Å². The summed E-state index contributed by atoms with van der Waals surface area (Å²) in [6.45, 7) is 12.2. The Hall–Kier alpha value is -6.08. The molecule has 0 spiro atoms. The number of nitrogens with one attached hydrogen (secondary N) is 3. The quantitative estimate of drug-likeness (QED) is 0.0665. The molecule has 9 rings (SSSR count). The summed E-state index contributed by atoms with van der Waals surface area (Å²) in [6.07, 6.45) is 6.72. The third-order valence-corrected chi connectivity index (χ3v) is 19.2. The van der Waals surface area contributed by atoms with Gasteiger partial charge in [-0.15, -0.1) is 11.8 Å². The number of hydrogen-bond acceptors (Lipinski definition) is 15. The number of alkyl halides is 3. The van der Waals surface area contributed by atoms with Gasteiger partial charge in [0.05, 0.1) is 22.5 Å². The molecule has 4 heterocycles. The minimum Gasteiger partial charge on any atom is -0.380 e. The molecule has 80 heavy (non-hydrogen) atoms. The van der Waals surface area contributed by atoms with Crippen LogP contribution in [0, 0.1) is 5.41 Å². The summed E-state index contributed by atoms with van der Waals surface area (Å²) in [5.74, 6) is -0.758. The number of anilines is 3. The number of carbonyl (C=O) groups is 3. The SMILES string of the molecule is CC1(C)CCC(c2ccc(Cl)cc2)=C(CN2CCN(c3ccc(C(=O)NS(=O)(=O)c4ccc(N[C@H](CCN5CCN(Cc6cncc(N7CCC(=O)NC7=O)n6)CC5)CSc5ccccc5)c(S(=O)(=O)C(F)(F)F)c4)cc3)CC2)C1. The molecule has 3 N–H and O–H groups in total. The van der Waals surface area contributed by atoms with Gasteiger partial charge < -0.3 is 15.1 Å². The molecule has 1 aliphatic carbocycles. The smallest absolute Gasteiger partial charge is 0.380 e. The van der Waals surface area contributed by atoms with Crippen molar-refractivity contribution in [1.82, 2.24) is 34.7 Å². The number of nitrogens with zero attached hydrogens (tertiary/aromatic N) is 7. The van der Waals surface area contributed by atoms with E-state index in [9.17, 15) is 44.4 Å². The molecule has 0 unspecified atom stereocenters. The normalized spacial score (nSPS) is 18.5. The average Bonchev–Trinajstić information content (AvgIpc) is 3.43. The van der Waals surface area contributed by atoms with E-state index in [-0.39, 0.29) is 29.9 Å². The molecule has 1 aromatic heterocycles. The number of sulfonamides is 1. The third kappa shape index (κ3) is 14.7. The number of benzene rings is 4. The van der Waals surface area contributed by atoms with Gasteiger partial charge in [0.25, 0.3) is 25.8 Å². The van der Waals surface area contributed by atoms with Crippen molar-refractivity contribution in [3.8, 4) is 0 Å². The third-order valence-electron chi connectivity index (χ3n) is 14.9. The zero-order valence-electron chi connectivity index (χ0n) is 44.4. The molecule has 3 saturated heterocycles. The van der Waals surface area contributed by atoms with Gasteiger partial charge in [0.2, 0.25) is 5.91 Å². The van der Waals surface area contributed by atoms with Gasteiger partial charge in [0.1, 0.15) is 4.90 Å². The number of carbonyl (C=O) groups excluding carboxylic acids is 3. The molecule has 3 aliphatic heterocycles. The molecule has 0 bridgehead atoms. The fourth-order valence-electron chi connectivity index (χ4n) is 10.5. The van der Waals surface area contributed by atoms with Gasteiger partial charge >= 0.3 is 11.5 Å². The highest BCUT2D eigenvalue weighted by molar-refractivity contribution is 7.99. The number of sulfone groups is 1. The van der Waals surface area contributed by atoms with Crippen LogP contribution in [0.2, 0.25) is 5.02 Å². The average molecular weight is 1180 g/mol. The summed E-state index contributed by atoms with van der Waals surface area (Å²) in [5.41, 5.74) is -0.566. The van der Waals surface area contributed by atoms with Crippen LogP contribution in [-0.2, 0) is 31.2 Å². The maximum Gasteiger partial charge on any atom is 0.501 e. The van der Waals surface area contributed by atoms with Crippen molar-refractivity contribution >= 4 is 83.8 Å². The summed E-state index contributed by atoms with van der Waals surface area (Å²) in [5, 5.41) is 6.02. The summed E-state index contributed by atoms with van der Waals surface area (Å²) >= 11 is 7.63. The first kappa shape index (κ1) is 58.6. The number of urea groups is 1. The van der Waals surface area contributed by atoms with Crippen LogP contribution < -0.4 is 25.2 Å². The lowest BCUT2D eigenvalue weighted by molar-refractivity contribution is -0.120. The minimum absolute atomic E-state index is 0.0244. The molecule has 4 aliphatic rings. The molecular weight excluding hydrogens is 1110 g/mol. The maximum absolute atomic E-state index is 14.5. The summed E-state index contributed by atoms with van der Waals surface area (Å²) in [6, 6.07) is 25.0. The molecular formula is C56H64ClF3N10O7S3. The highest BCUT2D eigenvalue weighted by atomic mass is 35.5. The first-order valence-electron chi connectivity index (χ1n) is 26.5. The van der Waals surface area contributed by atoms with Crippen molar-refractivity contribution in [3.05, 3.63) is 137 Å². The number of aromatic nitrogens is 2. The Labute approximate surface area is 474 Å². The minimum atomic E-state index is -6.13. The monoisotopic (exact) mass is 1180 g/mol. The van der Waals surface area contributed by atoms with Gasteiger partial charge in [-0.2, -0.15) is 13.2 Å². The number of amides is 4. The Bertz CT molecular complexity index is 3310. The standard InChI is InChI=1S/C56H64ClF3N10O7S3/c1-55(2)21-18-48(39-8-12-42(57)13-9-39)41(33-55)36-67-28-30-69(31-29-67)45-14-10-40(11-15-45)53(72)65-80(76,77)47-16-17-49(50(32-47)79(74,75)56(58,59)60)62-43(38-78-46-6-4-3-5-7-46)19-22-66-24-26-68(27-25-66)37-44-34-61-35-51(63-44)70-23-20-52(71)64-54(70)73/h3-17,32,34-35,43,62H,18-31,33,36-38H2,1-2H3,(H,65,72)(H,64,71,73)/t43-/m1/s1. The number of piperazine rings is 2. The van der Waals surface area contributed by atoms with Crippen molar-refractivity contribution in [2.24, 2.45) is 5.41 Å². The van der Waals surface area contributed by atoms with E-state index in [1.807, 2.05) is 47.2 Å². The van der Waals surface area contributed by atoms with Crippen molar-refractivity contribution in [2.75, 3.05) is 92.9 Å². The predicted molar refractivity (Wildman–Crippen MR) is 304 cm³/mol. The van der Waals surface area contributed by atoms with Crippen molar-refractivity contribution < 1.29 is 44.4 Å². The van der Waals surface area contributed by atoms with Gasteiger partial charge in [-0.05, 0) is 109 Å². The Kier molecular flexibility index (Phi) is 18.3. The number of imide groups is 1. The van der Waals surface area contributed by atoms with Gasteiger partial charge in [-0.25, -0.2) is 31.3 Å². The van der Waals surface area contributed by atoms with E-state index < -0.39 is 58.8 Å². The Balaban J connectivity index is 0.833. The van der Waals surface area contributed by atoms with Crippen LogP contribution in [0.25, 0.3) is 5.57 Å². The lowest BCUT2D eigenvalue weighted by Gasteiger charge is -2.39. The molecule has 3 fully saturated rings. The first-order valence-corrected chi connectivity index (χ1v) is 30.8. The molecule has 0 saturated carbocycles. The number of allylic oxidation sites excluding steroid dienone is 1. The molecule has 426 valence electrons. The fraction of sp³-hybridized carbons (Fsp3) is 0.411.